The van der Waals surface area contributed by atoms with Crippen LogP contribution in [0.15, 0.2) is 41.5 Å². The van der Waals surface area contributed by atoms with Crippen molar-refractivity contribution in [2.75, 3.05) is 6.61 Å². The fraction of sp³-hybridized carbons (Fsp3) is 0.143. The standard InChI is InChI=1S/C14H11ClN2O3S/c15-13-6-5-9(21-13)7-16-17-14(18)12-8-19-10-3-1-2-4-11(10)20-12/h1-7,12H,8H2,(H,17,18)/b16-7-/t12-/m1/s1. The number of para-hydroxylation sites is 2. The van der Waals surface area contributed by atoms with Gasteiger partial charge in [0.2, 0.25) is 6.10 Å². The zero-order valence-electron chi connectivity index (χ0n) is 10.8. The van der Waals surface area contributed by atoms with Gasteiger partial charge in [-0.2, -0.15) is 5.10 Å². The van der Waals surface area contributed by atoms with E-state index in [1.54, 1.807) is 18.2 Å². The van der Waals surface area contributed by atoms with Gasteiger partial charge in [0.25, 0.3) is 5.91 Å². The van der Waals surface area contributed by atoms with Gasteiger partial charge >= 0.3 is 0 Å². The van der Waals surface area contributed by atoms with Gasteiger partial charge in [-0.3, -0.25) is 4.79 Å². The van der Waals surface area contributed by atoms with Crippen LogP contribution in [0.3, 0.4) is 0 Å². The number of fused-ring (bicyclic) bond motifs is 1. The molecule has 1 amide bonds. The largest absolute Gasteiger partial charge is 0.485 e. The summed E-state index contributed by atoms with van der Waals surface area (Å²) in [4.78, 5) is 12.8. The maximum absolute atomic E-state index is 12.0. The molecule has 2 heterocycles. The fourth-order valence-electron chi connectivity index (χ4n) is 1.78. The second-order valence-electron chi connectivity index (χ2n) is 4.24. The maximum Gasteiger partial charge on any atom is 0.284 e. The van der Waals surface area contributed by atoms with Crippen molar-refractivity contribution in [3.8, 4) is 11.5 Å². The van der Waals surface area contributed by atoms with Crippen molar-refractivity contribution in [2.24, 2.45) is 5.10 Å². The average molecular weight is 323 g/mol. The minimum absolute atomic E-state index is 0.156. The molecule has 0 saturated carbocycles. The van der Waals surface area contributed by atoms with Gasteiger partial charge in [0.05, 0.1) is 10.6 Å². The fourth-order valence-corrected chi connectivity index (χ4v) is 2.71. The first-order chi connectivity index (χ1) is 10.2. The molecular formula is C14H11ClN2O3S. The van der Waals surface area contributed by atoms with Gasteiger partial charge in [-0.1, -0.05) is 23.7 Å². The molecule has 0 spiro atoms. The number of nitrogens with one attached hydrogen (secondary N) is 1. The van der Waals surface area contributed by atoms with Gasteiger partial charge in [0, 0.05) is 4.88 Å². The molecule has 0 bridgehead atoms. The summed E-state index contributed by atoms with van der Waals surface area (Å²) in [5.41, 5.74) is 2.43. The normalized spacial score (nSPS) is 16.9. The minimum Gasteiger partial charge on any atom is -0.485 e. The smallest absolute Gasteiger partial charge is 0.284 e. The Kier molecular flexibility index (Phi) is 4.08. The highest BCUT2D eigenvalue weighted by atomic mass is 35.5. The van der Waals surface area contributed by atoms with Gasteiger partial charge in [-0.25, -0.2) is 5.43 Å². The number of hydrogen-bond acceptors (Lipinski definition) is 5. The van der Waals surface area contributed by atoms with Gasteiger partial charge in [-0.05, 0) is 24.3 Å². The third-order valence-corrected chi connectivity index (χ3v) is 3.93. The van der Waals surface area contributed by atoms with Crippen LogP contribution in [0.4, 0.5) is 0 Å². The number of amides is 1. The molecule has 1 aliphatic heterocycles. The van der Waals surface area contributed by atoms with Crippen LogP contribution >= 0.6 is 22.9 Å². The molecule has 1 atom stereocenters. The Morgan fingerprint density at radius 3 is 2.90 bits per heavy atom. The Bertz CT molecular complexity index is 686. The second kappa shape index (κ2) is 6.15. The summed E-state index contributed by atoms with van der Waals surface area (Å²) in [6, 6.07) is 10.8. The first kappa shape index (κ1) is 13.9. The molecular weight excluding hydrogens is 312 g/mol. The van der Waals surface area contributed by atoms with Crippen molar-refractivity contribution in [1.29, 1.82) is 0 Å². The molecule has 0 fully saturated rings. The van der Waals surface area contributed by atoms with E-state index in [1.807, 2.05) is 18.2 Å². The highest BCUT2D eigenvalue weighted by Gasteiger charge is 2.26. The van der Waals surface area contributed by atoms with Crippen molar-refractivity contribution < 1.29 is 14.3 Å². The lowest BCUT2D eigenvalue weighted by Gasteiger charge is -2.24. The number of hydrazone groups is 1. The number of nitrogens with zero attached hydrogens (tertiary/aromatic N) is 1. The molecule has 0 unspecified atom stereocenters. The summed E-state index contributed by atoms with van der Waals surface area (Å²) in [7, 11) is 0. The number of benzene rings is 1. The zero-order valence-corrected chi connectivity index (χ0v) is 12.4. The van der Waals surface area contributed by atoms with E-state index in [1.165, 1.54) is 17.6 Å². The second-order valence-corrected chi connectivity index (χ2v) is 5.99. The lowest BCUT2D eigenvalue weighted by molar-refractivity contribution is -0.130. The van der Waals surface area contributed by atoms with Crippen LogP contribution in [0.1, 0.15) is 4.88 Å². The van der Waals surface area contributed by atoms with Crippen molar-refractivity contribution in [2.45, 2.75) is 6.10 Å². The Labute approximate surface area is 130 Å². The van der Waals surface area contributed by atoms with Crippen LogP contribution < -0.4 is 14.9 Å². The van der Waals surface area contributed by atoms with E-state index < -0.39 is 6.10 Å². The highest BCUT2D eigenvalue weighted by molar-refractivity contribution is 7.17. The molecule has 108 valence electrons. The minimum atomic E-state index is -0.719. The summed E-state index contributed by atoms with van der Waals surface area (Å²) in [6.07, 6.45) is 0.815. The molecule has 7 heteroatoms. The molecule has 1 aromatic heterocycles. The number of thiophene rings is 1. The van der Waals surface area contributed by atoms with Crippen LogP contribution in [-0.4, -0.2) is 24.8 Å². The van der Waals surface area contributed by atoms with E-state index >= 15 is 0 Å². The lowest BCUT2D eigenvalue weighted by atomic mass is 10.2. The molecule has 1 aromatic carbocycles. The molecule has 21 heavy (non-hydrogen) atoms. The topological polar surface area (TPSA) is 59.9 Å². The van der Waals surface area contributed by atoms with Crippen LogP contribution in [0.5, 0.6) is 11.5 Å². The number of carbonyl (C=O) groups excluding carboxylic acids is 1. The maximum atomic E-state index is 12.0. The van der Waals surface area contributed by atoms with Gasteiger partial charge in [0.15, 0.2) is 11.5 Å². The zero-order chi connectivity index (χ0) is 14.7. The molecule has 0 saturated heterocycles. The molecule has 2 aromatic rings. The molecule has 1 aliphatic rings. The third-order valence-electron chi connectivity index (χ3n) is 2.76. The summed E-state index contributed by atoms with van der Waals surface area (Å²) in [6.45, 7) is 0.156. The van der Waals surface area contributed by atoms with Crippen molar-refractivity contribution in [1.82, 2.24) is 5.43 Å². The van der Waals surface area contributed by atoms with E-state index in [9.17, 15) is 4.79 Å². The quantitative estimate of drug-likeness (QED) is 0.698. The predicted octanol–water partition coefficient (Wildman–Crippen LogP) is 2.69. The van der Waals surface area contributed by atoms with Crippen molar-refractivity contribution >= 4 is 35.1 Å². The van der Waals surface area contributed by atoms with Gasteiger partial charge < -0.3 is 9.47 Å². The van der Waals surface area contributed by atoms with E-state index in [0.29, 0.717) is 15.8 Å². The Morgan fingerprint density at radius 1 is 1.33 bits per heavy atom. The van der Waals surface area contributed by atoms with Crippen molar-refractivity contribution in [3.05, 3.63) is 45.6 Å². The van der Waals surface area contributed by atoms with Crippen LogP contribution in [0, 0.1) is 0 Å². The highest BCUT2D eigenvalue weighted by Crippen LogP contribution is 2.30. The molecule has 1 N–H and O–H groups in total. The molecule has 0 radical (unpaired) electrons. The Balaban J connectivity index is 1.58. The number of halogens is 1. The lowest BCUT2D eigenvalue weighted by Crippen LogP contribution is -2.42. The van der Waals surface area contributed by atoms with Crippen LogP contribution in [0.25, 0.3) is 0 Å². The Hall–Kier alpha value is -2.05. The first-order valence-electron chi connectivity index (χ1n) is 6.19. The summed E-state index contributed by atoms with van der Waals surface area (Å²) < 4.78 is 11.7. The molecule has 3 rings (SSSR count). The van der Waals surface area contributed by atoms with E-state index in [2.05, 4.69) is 10.5 Å². The summed E-state index contributed by atoms with van der Waals surface area (Å²) in [5.74, 6) is 0.833. The SMILES string of the molecule is O=C(N/N=C\c1ccc(Cl)s1)[C@H]1COc2ccccc2O1. The summed E-state index contributed by atoms with van der Waals surface area (Å²) >= 11 is 7.18. The van der Waals surface area contributed by atoms with Crippen LogP contribution in [-0.2, 0) is 4.79 Å². The van der Waals surface area contributed by atoms with Crippen molar-refractivity contribution in [3.63, 3.8) is 0 Å². The predicted molar refractivity (Wildman–Crippen MR) is 81.4 cm³/mol. The first-order valence-corrected chi connectivity index (χ1v) is 7.38. The van der Waals surface area contributed by atoms with Gasteiger partial charge in [0.1, 0.15) is 6.61 Å². The number of ether oxygens (including phenoxy) is 2. The number of carbonyl (C=O) groups is 1. The van der Waals surface area contributed by atoms with Gasteiger partial charge in [-0.15, -0.1) is 11.3 Å². The monoisotopic (exact) mass is 322 g/mol. The Morgan fingerprint density at radius 2 is 2.14 bits per heavy atom. The van der Waals surface area contributed by atoms with Crippen LogP contribution in [0.2, 0.25) is 4.34 Å². The van der Waals surface area contributed by atoms with E-state index in [-0.39, 0.29) is 12.5 Å². The summed E-state index contributed by atoms with van der Waals surface area (Å²) in [5, 5.41) is 3.88. The third kappa shape index (κ3) is 3.34. The van der Waals surface area contributed by atoms with E-state index in [0.717, 1.165) is 4.88 Å². The van der Waals surface area contributed by atoms with E-state index in [4.69, 9.17) is 21.1 Å². The molecule has 5 nitrogen and oxygen atoms in total. The molecule has 0 aliphatic carbocycles. The average Bonchev–Trinajstić information content (AvgIpc) is 2.92. The number of hydrogen-bond donors (Lipinski definition) is 1. The number of rotatable bonds is 3.